The van der Waals surface area contributed by atoms with Crippen molar-refractivity contribution in [3.05, 3.63) is 11.8 Å². The molecule has 0 aromatic carbocycles. The Morgan fingerprint density at radius 3 is 2.40 bits per heavy atom. The minimum atomic E-state index is -4.90. The number of nitrogen functional groups attached to an aromatic ring is 2. The predicted molar refractivity (Wildman–Crippen MR) is 44.5 cm³/mol. The molecule has 5 nitrogen and oxygen atoms in total. The van der Waals surface area contributed by atoms with E-state index in [9.17, 15) is 13.2 Å². The van der Waals surface area contributed by atoms with Gasteiger partial charge in [-0.3, -0.25) is 0 Å². The molecule has 8 heteroatoms. The third kappa shape index (κ3) is 2.63. The second kappa shape index (κ2) is 3.53. The van der Waals surface area contributed by atoms with Gasteiger partial charge in [-0.25, -0.2) is 4.98 Å². The summed E-state index contributed by atoms with van der Waals surface area (Å²) in [5.41, 5.74) is 9.77. The van der Waals surface area contributed by atoms with Crippen molar-refractivity contribution in [1.29, 1.82) is 5.26 Å². The molecule has 0 aliphatic heterocycles. The van der Waals surface area contributed by atoms with Crippen molar-refractivity contribution in [2.75, 3.05) is 11.5 Å². The number of nitrogens with zero attached hydrogens (tertiary/aromatic N) is 2. The van der Waals surface area contributed by atoms with E-state index in [1.54, 1.807) is 6.07 Å². The SMILES string of the molecule is N#Cc1cc(N)c(OC(F)(F)F)c(N)n1. The van der Waals surface area contributed by atoms with E-state index < -0.39 is 23.6 Å². The van der Waals surface area contributed by atoms with E-state index in [0.717, 1.165) is 6.07 Å². The van der Waals surface area contributed by atoms with Crippen molar-refractivity contribution in [2.45, 2.75) is 6.36 Å². The lowest BCUT2D eigenvalue weighted by atomic mass is 10.3. The number of pyridine rings is 1. The van der Waals surface area contributed by atoms with Gasteiger partial charge in [0.1, 0.15) is 11.8 Å². The Labute approximate surface area is 82.1 Å². The molecular weight excluding hydrogens is 213 g/mol. The van der Waals surface area contributed by atoms with Crippen molar-refractivity contribution < 1.29 is 17.9 Å². The molecule has 0 radical (unpaired) electrons. The molecule has 0 aliphatic carbocycles. The molecule has 1 aromatic heterocycles. The van der Waals surface area contributed by atoms with Crippen LogP contribution in [-0.4, -0.2) is 11.3 Å². The largest absolute Gasteiger partial charge is 0.573 e. The van der Waals surface area contributed by atoms with Gasteiger partial charge in [-0.15, -0.1) is 13.2 Å². The van der Waals surface area contributed by atoms with E-state index in [-0.39, 0.29) is 5.69 Å². The molecule has 0 saturated heterocycles. The summed E-state index contributed by atoms with van der Waals surface area (Å²) < 4.78 is 39.1. The van der Waals surface area contributed by atoms with Gasteiger partial charge >= 0.3 is 6.36 Å². The lowest BCUT2D eigenvalue weighted by Gasteiger charge is -2.12. The van der Waals surface area contributed by atoms with Crippen molar-refractivity contribution in [2.24, 2.45) is 0 Å². The molecule has 0 atom stereocenters. The van der Waals surface area contributed by atoms with Gasteiger partial charge in [-0.05, 0) is 0 Å². The fourth-order valence-corrected chi connectivity index (χ4v) is 0.858. The number of ether oxygens (including phenoxy) is 1. The van der Waals surface area contributed by atoms with Crippen LogP contribution < -0.4 is 16.2 Å². The molecule has 15 heavy (non-hydrogen) atoms. The summed E-state index contributed by atoms with van der Waals surface area (Å²) in [4.78, 5) is 3.35. The second-order valence-corrected chi connectivity index (χ2v) is 2.47. The molecule has 80 valence electrons. The molecule has 0 bridgehead atoms. The lowest BCUT2D eigenvalue weighted by molar-refractivity contribution is -0.274. The van der Waals surface area contributed by atoms with Gasteiger partial charge in [0.2, 0.25) is 0 Å². The molecule has 0 amide bonds. The van der Waals surface area contributed by atoms with Gasteiger partial charge in [0, 0.05) is 6.07 Å². The Bertz CT molecular complexity index is 400. The van der Waals surface area contributed by atoms with Crippen molar-refractivity contribution >= 4 is 11.5 Å². The van der Waals surface area contributed by atoms with Crippen molar-refractivity contribution in [1.82, 2.24) is 4.98 Å². The van der Waals surface area contributed by atoms with Crippen LogP contribution in [0.2, 0.25) is 0 Å². The third-order valence-corrected chi connectivity index (χ3v) is 1.36. The highest BCUT2D eigenvalue weighted by Crippen LogP contribution is 2.32. The van der Waals surface area contributed by atoms with Crippen LogP contribution in [0.5, 0.6) is 5.75 Å². The van der Waals surface area contributed by atoms with Gasteiger partial charge in [0.05, 0.1) is 5.69 Å². The minimum absolute atomic E-state index is 0.181. The normalized spacial score (nSPS) is 10.8. The number of hydrogen-bond donors (Lipinski definition) is 2. The van der Waals surface area contributed by atoms with Crippen LogP contribution in [0.15, 0.2) is 6.07 Å². The van der Waals surface area contributed by atoms with Crippen LogP contribution in [0, 0.1) is 11.3 Å². The minimum Gasteiger partial charge on any atom is -0.400 e. The monoisotopic (exact) mass is 218 g/mol. The Kier molecular flexibility index (Phi) is 2.57. The number of alkyl halides is 3. The number of hydrogen-bond acceptors (Lipinski definition) is 5. The van der Waals surface area contributed by atoms with E-state index in [1.165, 1.54) is 0 Å². The van der Waals surface area contributed by atoms with Crippen LogP contribution in [0.25, 0.3) is 0 Å². The van der Waals surface area contributed by atoms with E-state index >= 15 is 0 Å². The molecule has 4 N–H and O–H groups in total. The molecule has 0 unspecified atom stereocenters. The Morgan fingerprint density at radius 1 is 1.40 bits per heavy atom. The number of nitriles is 1. The van der Waals surface area contributed by atoms with Crippen LogP contribution in [-0.2, 0) is 0 Å². The maximum atomic E-state index is 11.9. The Hall–Kier alpha value is -2.17. The van der Waals surface area contributed by atoms with E-state index in [0.29, 0.717) is 0 Å². The van der Waals surface area contributed by atoms with Gasteiger partial charge in [0.25, 0.3) is 0 Å². The maximum Gasteiger partial charge on any atom is 0.573 e. The highest BCUT2D eigenvalue weighted by molar-refractivity contribution is 5.65. The number of nitrogens with two attached hydrogens (primary N) is 2. The summed E-state index contributed by atoms with van der Waals surface area (Å²) >= 11 is 0. The van der Waals surface area contributed by atoms with Gasteiger partial charge in [0.15, 0.2) is 11.6 Å². The molecule has 0 aliphatic rings. The van der Waals surface area contributed by atoms with Gasteiger partial charge < -0.3 is 16.2 Å². The van der Waals surface area contributed by atoms with Crippen molar-refractivity contribution in [3.8, 4) is 11.8 Å². The van der Waals surface area contributed by atoms with Crippen LogP contribution in [0.1, 0.15) is 5.69 Å². The maximum absolute atomic E-state index is 11.9. The number of halogens is 3. The fourth-order valence-electron chi connectivity index (χ4n) is 0.858. The summed E-state index contributed by atoms with van der Waals surface area (Å²) in [5.74, 6) is -1.37. The zero-order valence-corrected chi connectivity index (χ0v) is 7.17. The quantitative estimate of drug-likeness (QED) is 0.733. The van der Waals surface area contributed by atoms with E-state index in [1.807, 2.05) is 0 Å². The van der Waals surface area contributed by atoms with Crippen LogP contribution >= 0.6 is 0 Å². The van der Waals surface area contributed by atoms with E-state index in [2.05, 4.69) is 9.72 Å². The summed E-state index contributed by atoms with van der Waals surface area (Å²) in [5, 5.41) is 8.42. The predicted octanol–water partition coefficient (Wildman–Crippen LogP) is 1.02. The lowest BCUT2D eigenvalue weighted by Crippen LogP contribution is -2.19. The third-order valence-electron chi connectivity index (χ3n) is 1.36. The topological polar surface area (TPSA) is 98.0 Å². The van der Waals surface area contributed by atoms with Gasteiger partial charge in [-0.1, -0.05) is 0 Å². The standard InChI is InChI=1S/C7H5F3N4O/c8-7(9,10)15-5-4(12)1-3(2-11)14-6(5)13/h1H,(H4,12,13,14). The first kappa shape index (κ1) is 10.9. The molecule has 1 aromatic rings. The first-order valence-corrected chi connectivity index (χ1v) is 3.55. The summed E-state index contributed by atoms with van der Waals surface area (Å²) in [6.45, 7) is 0. The first-order valence-electron chi connectivity index (χ1n) is 3.55. The highest BCUT2D eigenvalue weighted by Gasteiger charge is 2.33. The average Bonchev–Trinajstić information content (AvgIpc) is 2.09. The zero-order valence-electron chi connectivity index (χ0n) is 7.17. The molecular formula is C7H5F3N4O. The fraction of sp³-hybridized carbons (Fsp3) is 0.143. The molecule has 0 saturated carbocycles. The molecule has 1 rings (SSSR count). The van der Waals surface area contributed by atoms with Crippen LogP contribution in [0.3, 0.4) is 0 Å². The zero-order chi connectivity index (χ0) is 11.6. The second-order valence-electron chi connectivity index (χ2n) is 2.47. The smallest absolute Gasteiger partial charge is 0.400 e. The summed E-state index contributed by atoms with van der Waals surface area (Å²) in [6.07, 6.45) is -4.90. The van der Waals surface area contributed by atoms with Crippen molar-refractivity contribution in [3.63, 3.8) is 0 Å². The number of rotatable bonds is 1. The summed E-state index contributed by atoms with van der Waals surface area (Å²) in [6, 6.07) is 2.53. The highest BCUT2D eigenvalue weighted by atomic mass is 19.4. The van der Waals surface area contributed by atoms with E-state index in [4.69, 9.17) is 16.7 Å². The first-order chi connectivity index (χ1) is 6.83. The summed E-state index contributed by atoms with van der Waals surface area (Å²) in [7, 11) is 0. The molecule has 0 spiro atoms. The molecule has 1 heterocycles. The van der Waals surface area contributed by atoms with Gasteiger partial charge in [-0.2, -0.15) is 5.26 Å². The Balaban J connectivity index is 3.16. The van der Waals surface area contributed by atoms with Crippen LogP contribution in [0.4, 0.5) is 24.7 Å². The average molecular weight is 218 g/mol. The Morgan fingerprint density at radius 2 is 2.00 bits per heavy atom. The number of anilines is 2. The molecule has 0 fully saturated rings. The number of aromatic nitrogens is 1.